The second-order valence-corrected chi connectivity index (χ2v) is 5.34. The Kier molecular flexibility index (Phi) is 2.79. The summed E-state index contributed by atoms with van der Waals surface area (Å²) in [6, 6.07) is 5.65. The van der Waals surface area contributed by atoms with Crippen LogP contribution in [0.1, 0.15) is 10.7 Å². The van der Waals surface area contributed by atoms with Gasteiger partial charge in [0.1, 0.15) is 0 Å². The number of thiazole rings is 1. The van der Waals surface area contributed by atoms with Gasteiger partial charge in [-0.2, -0.15) is 0 Å². The molecule has 0 radical (unpaired) electrons. The molecule has 3 heterocycles. The normalized spacial score (nSPS) is 10.8. The summed E-state index contributed by atoms with van der Waals surface area (Å²) in [6.45, 7) is 3.90. The number of nitrogens with two attached hydrogens (primary N) is 1. The number of pyridine rings is 1. The summed E-state index contributed by atoms with van der Waals surface area (Å²) in [5, 5.41) is 4.84. The molecule has 0 bridgehead atoms. The third kappa shape index (κ3) is 2.00. The first-order chi connectivity index (χ1) is 9.16. The lowest BCUT2D eigenvalue weighted by atomic mass is 10.1. The van der Waals surface area contributed by atoms with Crippen molar-refractivity contribution in [3.8, 4) is 21.9 Å². The number of nitrogen functional groups attached to an aromatic ring is 1. The van der Waals surface area contributed by atoms with Crippen molar-refractivity contribution >= 4 is 17.2 Å². The average Bonchev–Trinajstić information content (AvgIpc) is 2.93. The van der Waals surface area contributed by atoms with Crippen LogP contribution >= 0.6 is 11.3 Å². The minimum atomic E-state index is 0.346. The minimum absolute atomic E-state index is 0.346. The highest BCUT2D eigenvalue weighted by Crippen LogP contribution is 2.39. The van der Waals surface area contributed by atoms with Crippen molar-refractivity contribution in [1.29, 1.82) is 0 Å². The van der Waals surface area contributed by atoms with Crippen molar-refractivity contribution in [2.24, 2.45) is 0 Å². The van der Waals surface area contributed by atoms with Crippen molar-refractivity contribution < 1.29 is 4.52 Å². The van der Waals surface area contributed by atoms with Crippen LogP contribution in [0, 0.1) is 13.8 Å². The third-order valence-corrected chi connectivity index (χ3v) is 3.82. The molecule has 6 heteroatoms. The summed E-state index contributed by atoms with van der Waals surface area (Å²) in [5.74, 6) is 0.985. The Morgan fingerprint density at radius 2 is 2.11 bits per heavy atom. The maximum absolute atomic E-state index is 5.91. The number of aromatic nitrogens is 3. The van der Waals surface area contributed by atoms with Gasteiger partial charge in [0.2, 0.25) is 0 Å². The van der Waals surface area contributed by atoms with Crippen molar-refractivity contribution in [2.45, 2.75) is 13.8 Å². The first-order valence-corrected chi connectivity index (χ1v) is 6.59. The zero-order valence-corrected chi connectivity index (χ0v) is 11.4. The Balaban J connectivity index is 2.22. The van der Waals surface area contributed by atoms with Gasteiger partial charge in [0.05, 0.1) is 26.8 Å². The zero-order valence-electron chi connectivity index (χ0n) is 10.5. The maximum atomic E-state index is 5.91. The van der Waals surface area contributed by atoms with Crippen LogP contribution in [-0.4, -0.2) is 15.1 Å². The standard InChI is InChI=1S/C13H12N4OS/c1-7-12(19-8(2)16-7)11-10(13(14)17-18-11)9-5-3-4-6-15-9/h3-6H,1-2H3,(H2,14,17). The van der Waals surface area contributed by atoms with Gasteiger partial charge >= 0.3 is 0 Å². The highest BCUT2D eigenvalue weighted by molar-refractivity contribution is 7.15. The van der Waals surface area contributed by atoms with Crippen molar-refractivity contribution in [3.63, 3.8) is 0 Å². The van der Waals surface area contributed by atoms with Crippen LogP contribution in [0.4, 0.5) is 5.82 Å². The van der Waals surface area contributed by atoms with E-state index in [1.807, 2.05) is 32.0 Å². The van der Waals surface area contributed by atoms with Crippen LogP contribution in [0.5, 0.6) is 0 Å². The van der Waals surface area contributed by atoms with E-state index in [0.717, 1.165) is 26.8 Å². The molecule has 0 saturated heterocycles. The van der Waals surface area contributed by atoms with E-state index in [1.165, 1.54) is 0 Å². The maximum Gasteiger partial charge on any atom is 0.190 e. The smallest absolute Gasteiger partial charge is 0.190 e. The predicted molar refractivity (Wildman–Crippen MR) is 74.7 cm³/mol. The molecule has 0 amide bonds. The Morgan fingerprint density at radius 1 is 1.26 bits per heavy atom. The molecule has 96 valence electrons. The van der Waals surface area contributed by atoms with Crippen LogP contribution in [0.2, 0.25) is 0 Å². The lowest BCUT2D eigenvalue weighted by Crippen LogP contribution is -1.90. The van der Waals surface area contributed by atoms with Gasteiger partial charge in [-0.25, -0.2) is 4.98 Å². The molecule has 0 aromatic carbocycles. The van der Waals surface area contributed by atoms with Gasteiger partial charge in [-0.15, -0.1) is 11.3 Å². The number of aryl methyl sites for hydroxylation is 2. The molecule has 0 spiro atoms. The summed E-state index contributed by atoms with van der Waals surface area (Å²) in [4.78, 5) is 9.66. The Labute approximate surface area is 114 Å². The van der Waals surface area contributed by atoms with Crippen molar-refractivity contribution in [2.75, 3.05) is 5.73 Å². The number of hydrogen-bond donors (Lipinski definition) is 1. The molecule has 19 heavy (non-hydrogen) atoms. The summed E-state index contributed by atoms with van der Waals surface area (Å²) in [6.07, 6.45) is 1.72. The van der Waals surface area contributed by atoms with Gasteiger partial charge in [0, 0.05) is 6.20 Å². The summed E-state index contributed by atoms with van der Waals surface area (Å²) < 4.78 is 5.39. The van der Waals surface area contributed by atoms with E-state index in [2.05, 4.69) is 15.1 Å². The molecule has 0 fully saturated rings. The Hall–Kier alpha value is -2.21. The van der Waals surface area contributed by atoms with Gasteiger partial charge in [-0.05, 0) is 26.0 Å². The lowest BCUT2D eigenvalue weighted by molar-refractivity contribution is 0.436. The fraction of sp³-hybridized carbons (Fsp3) is 0.154. The highest BCUT2D eigenvalue weighted by Gasteiger charge is 2.22. The molecule has 0 aliphatic carbocycles. The van der Waals surface area contributed by atoms with Gasteiger partial charge in [0.15, 0.2) is 11.6 Å². The highest BCUT2D eigenvalue weighted by atomic mass is 32.1. The molecule has 0 unspecified atom stereocenters. The van der Waals surface area contributed by atoms with Crippen LogP contribution < -0.4 is 5.73 Å². The van der Waals surface area contributed by atoms with E-state index in [0.29, 0.717) is 11.6 Å². The number of nitrogens with zero attached hydrogens (tertiary/aromatic N) is 3. The van der Waals surface area contributed by atoms with E-state index in [4.69, 9.17) is 10.3 Å². The summed E-state index contributed by atoms with van der Waals surface area (Å²) in [7, 11) is 0. The number of hydrogen-bond acceptors (Lipinski definition) is 6. The summed E-state index contributed by atoms with van der Waals surface area (Å²) in [5.41, 5.74) is 8.30. The van der Waals surface area contributed by atoms with Crippen LogP contribution in [0.3, 0.4) is 0 Å². The van der Waals surface area contributed by atoms with Crippen LogP contribution in [-0.2, 0) is 0 Å². The zero-order chi connectivity index (χ0) is 13.4. The van der Waals surface area contributed by atoms with E-state index < -0.39 is 0 Å². The van der Waals surface area contributed by atoms with Crippen molar-refractivity contribution in [3.05, 3.63) is 35.1 Å². The molecular weight excluding hydrogens is 260 g/mol. The molecule has 3 aromatic rings. The lowest BCUT2D eigenvalue weighted by Gasteiger charge is -2.00. The van der Waals surface area contributed by atoms with Gasteiger partial charge in [0.25, 0.3) is 0 Å². The molecule has 0 atom stereocenters. The number of anilines is 1. The fourth-order valence-corrected chi connectivity index (χ4v) is 2.86. The van der Waals surface area contributed by atoms with Crippen molar-refractivity contribution in [1.82, 2.24) is 15.1 Å². The first kappa shape index (κ1) is 11.9. The molecule has 0 aliphatic heterocycles. The number of rotatable bonds is 2. The van der Waals surface area contributed by atoms with Crippen LogP contribution in [0.25, 0.3) is 21.9 Å². The van der Waals surface area contributed by atoms with E-state index in [-0.39, 0.29) is 0 Å². The van der Waals surface area contributed by atoms with Gasteiger partial charge < -0.3 is 10.3 Å². The summed E-state index contributed by atoms with van der Waals surface area (Å²) >= 11 is 1.56. The monoisotopic (exact) mass is 272 g/mol. The molecular formula is C13H12N4OS. The molecule has 2 N–H and O–H groups in total. The quantitative estimate of drug-likeness (QED) is 0.775. The average molecular weight is 272 g/mol. The molecule has 3 aromatic heterocycles. The molecule has 5 nitrogen and oxygen atoms in total. The second kappa shape index (κ2) is 4.47. The Bertz CT molecular complexity index is 718. The third-order valence-electron chi connectivity index (χ3n) is 2.75. The second-order valence-electron chi connectivity index (χ2n) is 4.13. The molecule has 3 rings (SSSR count). The topological polar surface area (TPSA) is 77.8 Å². The van der Waals surface area contributed by atoms with Gasteiger partial charge in [-0.1, -0.05) is 11.2 Å². The molecule has 0 aliphatic rings. The van der Waals surface area contributed by atoms with E-state index in [9.17, 15) is 0 Å². The fourth-order valence-electron chi connectivity index (χ4n) is 1.96. The molecule has 0 saturated carbocycles. The predicted octanol–water partition coefficient (Wildman–Crippen LogP) is 3.06. The minimum Gasteiger partial charge on any atom is -0.380 e. The van der Waals surface area contributed by atoms with Gasteiger partial charge in [-0.3, -0.25) is 4.98 Å². The Morgan fingerprint density at radius 3 is 2.74 bits per heavy atom. The SMILES string of the molecule is Cc1nc(C)c(-c2onc(N)c2-c2ccccn2)s1. The van der Waals surface area contributed by atoms with E-state index in [1.54, 1.807) is 17.5 Å². The first-order valence-electron chi connectivity index (χ1n) is 5.77. The van der Waals surface area contributed by atoms with E-state index >= 15 is 0 Å². The van der Waals surface area contributed by atoms with Crippen LogP contribution in [0.15, 0.2) is 28.9 Å². The largest absolute Gasteiger partial charge is 0.380 e.